The first kappa shape index (κ1) is 16.9. The molecule has 0 spiro atoms. The van der Waals surface area contributed by atoms with E-state index in [1.165, 1.54) is 25.7 Å². The van der Waals surface area contributed by atoms with Gasteiger partial charge in [-0.2, -0.15) is 0 Å². The molecule has 0 aromatic heterocycles. The Labute approximate surface area is 151 Å². The number of fused-ring (bicyclic) bond motifs is 4. The number of hydrogen-bond donors (Lipinski definition) is 0. The maximum atomic E-state index is 12.1. The fraction of sp³-hybridized carbons (Fsp3) is 0.682. The first-order chi connectivity index (χ1) is 11.7. The van der Waals surface area contributed by atoms with E-state index in [1.54, 1.807) is 13.2 Å². The van der Waals surface area contributed by atoms with E-state index in [1.807, 2.05) is 6.08 Å². The van der Waals surface area contributed by atoms with Crippen molar-refractivity contribution in [1.82, 2.24) is 0 Å². The Hall–Kier alpha value is -1.51. The zero-order valence-electron chi connectivity index (χ0n) is 16.1. The summed E-state index contributed by atoms with van der Waals surface area (Å²) in [5, 5.41) is 0. The molecular formula is C22H30O3. The Morgan fingerprint density at radius 1 is 1.12 bits per heavy atom. The number of allylic oxidation sites excluding steroid dienone is 2. The Kier molecular flexibility index (Phi) is 3.55. The molecule has 0 bridgehead atoms. The molecule has 4 unspecified atom stereocenters. The lowest BCUT2D eigenvalue weighted by atomic mass is 9.45. The third-order valence-corrected chi connectivity index (χ3v) is 7.56. The number of carbonyl (C=O) groups excluding carboxylic acids is 1. The van der Waals surface area contributed by atoms with Gasteiger partial charge in [-0.25, -0.2) is 0 Å². The predicted molar refractivity (Wildman–Crippen MR) is 97.7 cm³/mol. The molecule has 0 N–H and O–H groups in total. The van der Waals surface area contributed by atoms with Crippen LogP contribution in [0.25, 0.3) is 0 Å². The molecule has 136 valence electrons. The predicted octanol–water partition coefficient (Wildman–Crippen LogP) is 4.94. The average Bonchev–Trinajstić information content (AvgIpc) is 2.52. The van der Waals surface area contributed by atoms with Gasteiger partial charge in [-0.05, 0) is 55.4 Å². The Morgan fingerprint density at radius 3 is 2.60 bits per heavy atom. The quantitative estimate of drug-likeness (QED) is 0.677. The third kappa shape index (κ3) is 2.34. The van der Waals surface area contributed by atoms with Crippen LogP contribution in [-0.2, 0) is 14.3 Å². The highest BCUT2D eigenvalue weighted by atomic mass is 16.5. The molecule has 2 fully saturated rings. The van der Waals surface area contributed by atoms with Crippen LogP contribution < -0.4 is 0 Å². The molecule has 4 atom stereocenters. The van der Waals surface area contributed by atoms with Gasteiger partial charge >= 0.3 is 0 Å². The average molecular weight is 342 g/mol. The summed E-state index contributed by atoms with van der Waals surface area (Å²) in [6, 6.07) is 0. The number of hydrogen-bond acceptors (Lipinski definition) is 3. The van der Waals surface area contributed by atoms with Crippen LogP contribution in [0.15, 0.2) is 35.3 Å². The van der Waals surface area contributed by atoms with Crippen molar-refractivity contribution in [2.45, 2.75) is 65.4 Å². The van der Waals surface area contributed by atoms with Gasteiger partial charge in [-0.1, -0.05) is 33.3 Å². The highest BCUT2D eigenvalue weighted by Gasteiger charge is 2.60. The van der Waals surface area contributed by atoms with E-state index in [2.05, 4.69) is 33.8 Å². The highest BCUT2D eigenvalue weighted by molar-refractivity contribution is 6.05. The van der Waals surface area contributed by atoms with E-state index in [9.17, 15) is 4.79 Å². The minimum Gasteiger partial charge on any atom is -0.493 e. The molecule has 2 saturated carbocycles. The Morgan fingerprint density at radius 2 is 1.88 bits per heavy atom. The topological polar surface area (TPSA) is 35.5 Å². The summed E-state index contributed by atoms with van der Waals surface area (Å²) in [5.41, 5.74) is 1.44. The van der Waals surface area contributed by atoms with Crippen LogP contribution in [0.5, 0.6) is 0 Å². The second-order valence-electron chi connectivity index (χ2n) is 9.54. The van der Waals surface area contributed by atoms with Crippen LogP contribution >= 0.6 is 0 Å². The fourth-order valence-corrected chi connectivity index (χ4v) is 6.39. The van der Waals surface area contributed by atoms with Gasteiger partial charge in [0, 0.05) is 17.6 Å². The van der Waals surface area contributed by atoms with E-state index in [0.717, 1.165) is 17.8 Å². The summed E-state index contributed by atoms with van der Waals surface area (Å²) in [5.74, 6) is 2.11. The summed E-state index contributed by atoms with van der Waals surface area (Å²) < 4.78 is 11.7. The number of methoxy groups -OCH3 is 1. The summed E-state index contributed by atoms with van der Waals surface area (Å²) in [4.78, 5) is 12.1. The van der Waals surface area contributed by atoms with E-state index < -0.39 is 0 Å². The van der Waals surface area contributed by atoms with E-state index in [0.29, 0.717) is 23.0 Å². The van der Waals surface area contributed by atoms with Crippen molar-refractivity contribution in [3.63, 3.8) is 0 Å². The molecule has 4 rings (SSSR count). The van der Waals surface area contributed by atoms with Crippen molar-refractivity contribution in [2.75, 3.05) is 7.11 Å². The zero-order valence-corrected chi connectivity index (χ0v) is 16.1. The lowest BCUT2D eigenvalue weighted by Gasteiger charge is -2.62. The second-order valence-corrected chi connectivity index (χ2v) is 9.54. The lowest BCUT2D eigenvalue weighted by Crippen LogP contribution is -2.58. The van der Waals surface area contributed by atoms with Crippen molar-refractivity contribution in [3.8, 4) is 0 Å². The minimum absolute atomic E-state index is 0.101. The molecule has 3 aliphatic carbocycles. The maximum absolute atomic E-state index is 12.1. The van der Waals surface area contributed by atoms with E-state index in [-0.39, 0.29) is 16.8 Å². The van der Waals surface area contributed by atoms with Crippen LogP contribution in [0, 0.1) is 22.7 Å². The molecule has 1 heterocycles. The highest BCUT2D eigenvalue weighted by Crippen LogP contribution is 2.64. The lowest BCUT2D eigenvalue weighted by molar-refractivity contribution is -0.162. The molecule has 0 saturated heterocycles. The largest absolute Gasteiger partial charge is 0.493 e. The molecule has 1 aliphatic heterocycles. The molecule has 0 radical (unpaired) electrons. The van der Waals surface area contributed by atoms with E-state index in [4.69, 9.17) is 9.47 Å². The van der Waals surface area contributed by atoms with Crippen LogP contribution in [0.3, 0.4) is 0 Å². The number of ether oxygens (including phenoxy) is 2. The summed E-state index contributed by atoms with van der Waals surface area (Å²) in [6.07, 6.45) is 12.0. The van der Waals surface area contributed by atoms with Crippen molar-refractivity contribution < 1.29 is 14.3 Å². The van der Waals surface area contributed by atoms with Crippen LogP contribution in [-0.4, -0.2) is 18.5 Å². The summed E-state index contributed by atoms with van der Waals surface area (Å²) in [7, 11) is 1.55. The summed E-state index contributed by atoms with van der Waals surface area (Å²) >= 11 is 0. The van der Waals surface area contributed by atoms with Gasteiger partial charge in [0.05, 0.1) is 7.11 Å². The van der Waals surface area contributed by atoms with Gasteiger partial charge < -0.3 is 9.47 Å². The van der Waals surface area contributed by atoms with Gasteiger partial charge in [0.15, 0.2) is 5.76 Å². The molecule has 0 amide bonds. The number of rotatable bonds is 1. The summed E-state index contributed by atoms with van der Waals surface area (Å²) in [6.45, 7) is 9.61. The Bertz CT molecular complexity index is 711. The van der Waals surface area contributed by atoms with Crippen molar-refractivity contribution >= 4 is 5.78 Å². The maximum Gasteiger partial charge on any atom is 0.224 e. The molecule has 3 heteroatoms. The monoisotopic (exact) mass is 342 g/mol. The zero-order chi connectivity index (χ0) is 18.0. The molecule has 0 aromatic rings. The second kappa shape index (κ2) is 5.25. The third-order valence-electron chi connectivity index (χ3n) is 7.56. The SMILES string of the molecule is COC1=CC2=CC3C(C)(CCC4C(C)(C)CCCC43C)OC2=CC1=O. The van der Waals surface area contributed by atoms with Gasteiger partial charge in [-0.3, -0.25) is 4.79 Å². The smallest absolute Gasteiger partial charge is 0.224 e. The number of ketones is 1. The van der Waals surface area contributed by atoms with Crippen molar-refractivity contribution in [2.24, 2.45) is 22.7 Å². The van der Waals surface area contributed by atoms with Crippen LogP contribution in [0.2, 0.25) is 0 Å². The molecule has 25 heavy (non-hydrogen) atoms. The minimum atomic E-state index is -0.216. The Balaban J connectivity index is 1.80. The molecule has 3 nitrogen and oxygen atoms in total. The van der Waals surface area contributed by atoms with Crippen molar-refractivity contribution in [1.29, 1.82) is 0 Å². The van der Waals surface area contributed by atoms with Gasteiger partial charge in [0.2, 0.25) is 5.78 Å². The van der Waals surface area contributed by atoms with E-state index >= 15 is 0 Å². The van der Waals surface area contributed by atoms with Gasteiger partial charge in [0.25, 0.3) is 0 Å². The first-order valence-electron chi connectivity index (χ1n) is 9.63. The molecule has 4 aliphatic rings. The molecule has 0 aromatic carbocycles. The number of carbonyl (C=O) groups is 1. The van der Waals surface area contributed by atoms with Gasteiger partial charge in [-0.15, -0.1) is 0 Å². The standard InChI is InChI=1S/C22H30O3/c1-20(2)8-6-9-21(3)18(20)7-10-22(4)19(21)12-14-11-17(24-5)15(23)13-16(14)25-22/h11-13,18-19H,6-10H2,1-5H3. The van der Waals surface area contributed by atoms with Gasteiger partial charge in [0.1, 0.15) is 11.4 Å². The van der Waals surface area contributed by atoms with Crippen molar-refractivity contribution in [3.05, 3.63) is 35.3 Å². The first-order valence-corrected chi connectivity index (χ1v) is 9.63. The normalized spacial score (nSPS) is 42.0. The van der Waals surface area contributed by atoms with Crippen LogP contribution in [0.4, 0.5) is 0 Å². The van der Waals surface area contributed by atoms with Crippen LogP contribution in [0.1, 0.15) is 59.8 Å². The fourth-order valence-electron chi connectivity index (χ4n) is 6.39. The molecular weight excluding hydrogens is 312 g/mol.